The van der Waals surface area contributed by atoms with Crippen molar-refractivity contribution < 1.29 is 4.79 Å². The second-order valence-electron chi connectivity index (χ2n) is 6.81. The number of rotatable bonds is 5. The van der Waals surface area contributed by atoms with Crippen LogP contribution in [0.4, 0.5) is 0 Å². The number of pyridine rings is 1. The number of hydrogen-bond acceptors (Lipinski definition) is 5. The molecule has 1 atom stereocenters. The normalized spacial score (nSPS) is 17.0. The number of hydrogen-bond donors (Lipinski definition) is 0. The topological polar surface area (TPSA) is 76.8 Å². The van der Waals surface area contributed by atoms with Crippen LogP contribution < -0.4 is 0 Å². The van der Waals surface area contributed by atoms with E-state index in [0.29, 0.717) is 5.82 Å². The predicted octanol–water partition coefficient (Wildman–Crippen LogP) is 2.36. The molecule has 0 radical (unpaired) electrons. The summed E-state index contributed by atoms with van der Waals surface area (Å²) in [6.45, 7) is 0.908. The molecule has 0 aliphatic carbocycles. The van der Waals surface area contributed by atoms with Crippen LogP contribution in [0.1, 0.15) is 24.8 Å². The van der Waals surface area contributed by atoms with Crippen molar-refractivity contribution in [1.82, 2.24) is 30.1 Å². The fourth-order valence-corrected chi connectivity index (χ4v) is 3.57. The molecule has 1 fully saturated rings. The van der Waals surface area contributed by atoms with Crippen LogP contribution in [0.3, 0.4) is 0 Å². The number of carbonyl (C=O) groups excluding carboxylic acids is 1. The monoisotopic (exact) mass is 362 g/mol. The van der Waals surface area contributed by atoms with Gasteiger partial charge >= 0.3 is 0 Å². The first kappa shape index (κ1) is 17.3. The molecule has 3 heterocycles. The molecule has 0 saturated carbocycles. The highest BCUT2D eigenvalue weighted by Crippen LogP contribution is 2.21. The summed E-state index contributed by atoms with van der Waals surface area (Å²) in [5.74, 6) is 0.555. The highest BCUT2D eigenvalue weighted by Gasteiger charge is 2.27. The van der Waals surface area contributed by atoms with Gasteiger partial charge in [0, 0.05) is 30.5 Å². The number of carbonyl (C=O) groups is 1. The van der Waals surface area contributed by atoms with Crippen LogP contribution >= 0.6 is 0 Å². The molecule has 2 aromatic heterocycles. The summed E-state index contributed by atoms with van der Waals surface area (Å²) in [6.07, 6.45) is 7.50. The Morgan fingerprint density at radius 3 is 2.70 bits per heavy atom. The largest absolute Gasteiger partial charge is 0.338 e. The molecule has 1 saturated heterocycles. The molecule has 0 bridgehead atoms. The van der Waals surface area contributed by atoms with E-state index in [4.69, 9.17) is 0 Å². The number of tetrazole rings is 1. The van der Waals surface area contributed by atoms with Crippen molar-refractivity contribution >= 4 is 5.91 Å². The lowest BCUT2D eigenvalue weighted by atomic mass is 9.95. The second kappa shape index (κ2) is 8.07. The summed E-state index contributed by atoms with van der Waals surface area (Å²) in [5.41, 5.74) is 2.10. The van der Waals surface area contributed by atoms with E-state index in [1.807, 2.05) is 35.2 Å². The van der Waals surface area contributed by atoms with Crippen molar-refractivity contribution in [2.75, 3.05) is 6.54 Å². The Hall–Kier alpha value is -3.09. The lowest BCUT2D eigenvalue weighted by Crippen LogP contribution is -2.46. The summed E-state index contributed by atoms with van der Waals surface area (Å²) < 4.78 is 0. The summed E-state index contributed by atoms with van der Waals surface area (Å²) in [5, 5.41) is 12.4. The van der Waals surface area contributed by atoms with Gasteiger partial charge in [0.15, 0.2) is 0 Å². The van der Waals surface area contributed by atoms with Gasteiger partial charge in [-0.05, 0) is 48.6 Å². The lowest BCUT2D eigenvalue weighted by Gasteiger charge is -2.35. The van der Waals surface area contributed by atoms with Crippen LogP contribution in [-0.4, -0.2) is 48.6 Å². The third-order valence-electron chi connectivity index (χ3n) is 4.93. The molecule has 27 heavy (non-hydrogen) atoms. The number of likely N-dealkylation sites (tertiary alicyclic amines) is 1. The van der Waals surface area contributed by atoms with Crippen molar-refractivity contribution in [3.63, 3.8) is 0 Å². The maximum atomic E-state index is 12.9. The maximum Gasteiger partial charge on any atom is 0.246 e. The number of aromatic nitrogens is 5. The maximum absolute atomic E-state index is 12.9. The Labute approximate surface area is 158 Å². The highest BCUT2D eigenvalue weighted by atomic mass is 16.2. The van der Waals surface area contributed by atoms with Gasteiger partial charge in [-0.1, -0.05) is 30.3 Å². The quantitative estimate of drug-likeness (QED) is 0.696. The molecule has 7 heteroatoms. The SMILES string of the molecule is O=C(Cn1nnc(-c2ccncc2)n1)N1CCCCC1Cc1ccccc1. The number of nitrogens with zero attached hydrogens (tertiary/aromatic N) is 6. The number of benzene rings is 1. The van der Waals surface area contributed by atoms with Gasteiger partial charge in [0.25, 0.3) is 0 Å². The third-order valence-corrected chi connectivity index (χ3v) is 4.93. The minimum atomic E-state index is 0.0503. The van der Waals surface area contributed by atoms with Gasteiger partial charge in [0.1, 0.15) is 6.54 Å². The molecule has 1 aliphatic rings. The van der Waals surface area contributed by atoms with Crippen LogP contribution in [0.15, 0.2) is 54.9 Å². The second-order valence-corrected chi connectivity index (χ2v) is 6.81. The summed E-state index contributed by atoms with van der Waals surface area (Å²) in [6, 6.07) is 14.2. The van der Waals surface area contributed by atoms with Gasteiger partial charge < -0.3 is 4.90 Å². The van der Waals surface area contributed by atoms with Crippen molar-refractivity contribution in [2.24, 2.45) is 0 Å². The molecule has 3 aromatic rings. The van der Waals surface area contributed by atoms with Crippen LogP contribution in [0.5, 0.6) is 0 Å². The zero-order chi connectivity index (χ0) is 18.5. The van der Waals surface area contributed by atoms with Gasteiger partial charge in [-0.25, -0.2) is 0 Å². The first-order valence-corrected chi connectivity index (χ1v) is 9.31. The van der Waals surface area contributed by atoms with Gasteiger partial charge in [-0.2, -0.15) is 4.80 Å². The van der Waals surface area contributed by atoms with E-state index in [1.54, 1.807) is 12.4 Å². The molecule has 1 amide bonds. The van der Waals surface area contributed by atoms with E-state index in [2.05, 4.69) is 32.5 Å². The number of amides is 1. The average Bonchev–Trinajstić information content (AvgIpc) is 3.18. The first-order chi connectivity index (χ1) is 13.3. The molecular weight excluding hydrogens is 340 g/mol. The highest BCUT2D eigenvalue weighted by molar-refractivity contribution is 5.76. The standard InChI is InChI=1S/C20H22N6O/c27-19(15-26-23-20(22-24-26)17-9-11-21-12-10-17)25-13-5-4-8-18(25)14-16-6-2-1-3-7-16/h1-3,6-7,9-12,18H,4-5,8,13-15H2. The summed E-state index contributed by atoms with van der Waals surface area (Å²) >= 11 is 0. The van der Waals surface area contributed by atoms with Gasteiger partial charge in [-0.3, -0.25) is 9.78 Å². The minimum absolute atomic E-state index is 0.0503. The Kier molecular flexibility index (Phi) is 5.18. The lowest BCUT2D eigenvalue weighted by molar-refractivity contribution is -0.136. The van der Waals surface area contributed by atoms with Crippen LogP contribution in [0.25, 0.3) is 11.4 Å². The van der Waals surface area contributed by atoms with Crippen molar-refractivity contribution in [1.29, 1.82) is 0 Å². The van der Waals surface area contributed by atoms with E-state index in [0.717, 1.165) is 37.8 Å². The Morgan fingerprint density at radius 2 is 1.89 bits per heavy atom. The van der Waals surface area contributed by atoms with E-state index in [1.165, 1.54) is 10.4 Å². The van der Waals surface area contributed by atoms with E-state index >= 15 is 0 Å². The third kappa shape index (κ3) is 4.19. The number of piperidine rings is 1. The Morgan fingerprint density at radius 1 is 1.07 bits per heavy atom. The van der Waals surface area contributed by atoms with Gasteiger partial charge in [-0.15, -0.1) is 10.2 Å². The molecule has 4 rings (SSSR count). The molecule has 0 spiro atoms. The van der Waals surface area contributed by atoms with Crippen molar-refractivity contribution in [3.05, 3.63) is 60.4 Å². The van der Waals surface area contributed by atoms with Gasteiger partial charge in [0.2, 0.25) is 11.7 Å². The van der Waals surface area contributed by atoms with Gasteiger partial charge in [0.05, 0.1) is 0 Å². The molecule has 7 nitrogen and oxygen atoms in total. The van der Waals surface area contributed by atoms with Crippen molar-refractivity contribution in [2.45, 2.75) is 38.3 Å². The molecule has 0 N–H and O–H groups in total. The average molecular weight is 362 g/mol. The molecule has 1 aliphatic heterocycles. The zero-order valence-electron chi connectivity index (χ0n) is 15.1. The fraction of sp³-hybridized carbons (Fsp3) is 0.350. The van der Waals surface area contributed by atoms with Crippen LogP contribution in [0.2, 0.25) is 0 Å². The fourth-order valence-electron chi connectivity index (χ4n) is 3.57. The molecule has 138 valence electrons. The minimum Gasteiger partial charge on any atom is -0.338 e. The van der Waals surface area contributed by atoms with Crippen LogP contribution in [-0.2, 0) is 17.8 Å². The van der Waals surface area contributed by atoms with Crippen molar-refractivity contribution in [3.8, 4) is 11.4 Å². The summed E-state index contributed by atoms with van der Waals surface area (Å²) in [7, 11) is 0. The smallest absolute Gasteiger partial charge is 0.246 e. The zero-order valence-corrected chi connectivity index (χ0v) is 15.1. The first-order valence-electron chi connectivity index (χ1n) is 9.31. The summed E-state index contributed by atoms with van der Waals surface area (Å²) in [4.78, 5) is 20.3. The predicted molar refractivity (Wildman–Crippen MR) is 101 cm³/mol. The molecule has 1 unspecified atom stereocenters. The molecular formula is C20H22N6O. The van der Waals surface area contributed by atoms with Crippen LogP contribution in [0, 0.1) is 0 Å². The Bertz CT molecular complexity index is 880. The van der Waals surface area contributed by atoms with E-state index in [9.17, 15) is 4.79 Å². The Balaban J connectivity index is 1.44. The van der Waals surface area contributed by atoms with E-state index in [-0.39, 0.29) is 18.5 Å². The molecule has 1 aromatic carbocycles. The van der Waals surface area contributed by atoms with E-state index < -0.39 is 0 Å².